The Balaban J connectivity index is 1.90. The molecule has 1 amide bonds. The number of anilines is 1. The summed E-state index contributed by atoms with van der Waals surface area (Å²) < 4.78 is 5.24. The van der Waals surface area contributed by atoms with Gasteiger partial charge in [-0.2, -0.15) is 5.10 Å². The third-order valence-corrected chi connectivity index (χ3v) is 5.27. The molecule has 0 bridgehead atoms. The number of nitrogens with zero attached hydrogens (tertiary/aromatic N) is 1. The van der Waals surface area contributed by atoms with Crippen molar-refractivity contribution in [3.63, 3.8) is 0 Å². The van der Waals surface area contributed by atoms with Gasteiger partial charge in [0.25, 0.3) is 0 Å². The van der Waals surface area contributed by atoms with Crippen molar-refractivity contribution in [3.8, 4) is 5.75 Å². The second kappa shape index (κ2) is 5.62. The molecule has 0 aliphatic carbocycles. The number of hydrogen-bond donors (Lipinski definition) is 2. The highest BCUT2D eigenvalue weighted by Gasteiger charge is 2.26. The molecule has 0 radical (unpaired) electrons. The highest BCUT2D eigenvalue weighted by atomic mass is 32.2. The quantitative estimate of drug-likeness (QED) is 0.758. The summed E-state index contributed by atoms with van der Waals surface area (Å²) in [5.74, 6) is 1.27. The molecule has 0 spiro atoms. The van der Waals surface area contributed by atoms with Gasteiger partial charge in [-0.25, -0.2) is 0 Å². The molecule has 23 heavy (non-hydrogen) atoms. The Hall–Kier alpha value is -2.47. The molecule has 1 aromatic heterocycles. The average Bonchev–Trinajstić information content (AvgIpc) is 2.98. The Morgan fingerprint density at radius 1 is 1.22 bits per heavy atom. The van der Waals surface area contributed by atoms with Crippen LogP contribution < -0.4 is 10.1 Å². The van der Waals surface area contributed by atoms with Crippen molar-refractivity contribution >= 4 is 34.3 Å². The number of thioether (sulfide) groups is 1. The summed E-state index contributed by atoms with van der Waals surface area (Å²) in [7, 11) is 1.66. The van der Waals surface area contributed by atoms with Gasteiger partial charge in [-0.1, -0.05) is 12.1 Å². The van der Waals surface area contributed by atoms with Crippen LogP contribution in [0, 0.1) is 0 Å². The second-order valence-electron chi connectivity index (χ2n) is 5.37. The number of H-pyrrole nitrogens is 1. The zero-order chi connectivity index (χ0) is 15.8. The Kier molecular flexibility index (Phi) is 3.46. The van der Waals surface area contributed by atoms with Crippen LogP contribution in [0.5, 0.6) is 5.75 Å². The van der Waals surface area contributed by atoms with Crippen LogP contribution in [0.15, 0.2) is 42.6 Å². The van der Waals surface area contributed by atoms with Crippen molar-refractivity contribution in [2.24, 2.45) is 0 Å². The van der Waals surface area contributed by atoms with Gasteiger partial charge in [0.2, 0.25) is 5.91 Å². The maximum absolute atomic E-state index is 12.0. The number of carbonyl (C=O) groups is 1. The first-order chi connectivity index (χ1) is 11.3. The predicted octanol–water partition coefficient (Wildman–Crippen LogP) is 3.35. The number of carbonyl (C=O) groups excluding carboxylic acids is 1. The van der Waals surface area contributed by atoms with Gasteiger partial charge in [0.05, 0.1) is 29.8 Å². The normalized spacial score (nSPS) is 17.4. The average molecular weight is 325 g/mol. The summed E-state index contributed by atoms with van der Waals surface area (Å²) in [6.07, 6.45) is 1.82. The topological polar surface area (TPSA) is 67.0 Å². The van der Waals surface area contributed by atoms with Crippen LogP contribution >= 0.6 is 11.8 Å². The summed E-state index contributed by atoms with van der Waals surface area (Å²) in [5, 5.41) is 11.3. The van der Waals surface area contributed by atoms with E-state index in [2.05, 4.69) is 27.6 Å². The number of hydrogen-bond acceptors (Lipinski definition) is 4. The molecule has 0 saturated carbocycles. The first kappa shape index (κ1) is 14.1. The molecule has 2 heterocycles. The van der Waals surface area contributed by atoms with E-state index in [0.29, 0.717) is 5.75 Å². The maximum Gasteiger partial charge on any atom is 0.234 e. The van der Waals surface area contributed by atoms with Gasteiger partial charge >= 0.3 is 0 Å². The van der Waals surface area contributed by atoms with Crippen LogP contribution in [0.1, 0.15) is 16.4 Å². The van der Waals surface area contributed by atoms with Crippen molar-refractivity contribution in [3.05, 3.63) is 53.7 Å². The Morgan fingerprint density at radius 2 is 2.04 bits per heavy atom. The first-order valence-electron chi connectivity index (χ1n) is 7.27. The number of aromatic amines is 1. The van der Waals surface area contributed by atoms with Crippen LogP contribution in [-0.2, 0) is 4.79 Å². The van der Waals surface area contributed by atoms with Gasteiger partial charge in [0.1, 0.15) is 5.75 Å². The molecule has 1 atom stereocenters. The SMILES string of the molecule is COc1ccc(C2SCC(=O)Nc3ccc4[nH]ncc4c32)cc1. The largest absolute Gasteiger partial charge is 0.497 e. The molecule has 4 rings (SSSR count). The number of rotatable bonds is 2. The van der Waals surface area contributed by atoms with Crippen molar-refractivity contribution in [1.82, 2.24) is 10.2 Å². The number of ether oxygens (including phenoxy) is 1. The van der Waals surface area contributed by atoms with E-state index in [0.717, 1.165) is 33.5 Å². The number of amides is 1. The van der Waals surface area contributed by atoms with E-state index >= 15 is 0 Å². The Labute approximate surface area is 137 Å². The highest BCUT2D eigenvalue weighted by Crippen LogP contribution is 2.44. The van der Waals surface area contributed by atoms with Crippen molar-refractivity contribution < 1.29 is 9.53 Å². The van der Waals surface area contributed by atoms with Crippen LogP contribution in [-0.4, -0.2) is 29.0 Å². The molecular weight excluding hydrogens is 310 g/mol. The van der Waals surface area contributed by atoms with Crippen LogP contribution in [0.3, 0.4) is 0 Å². The van der Waals surface area contributed by atoms with Gasteiger partial charge in [0, 0.05) is 16.6 Å². The van der Waals surface area contributed by atoms with E-state index in [1.165, 1.54) is 0 Å². The van der Waals surface area contributed by atoms with Gasteiger partial charge in [-0.05, 0) is 29.8 Å². The minimum absolute atomic E-state index is 0.0232. The highest BCUT2D eigenvalue weighted by molar-refractivity contribution is 8.00. The lowest BCUT2D eigenvalue weighted by molar-refractivity contribution is -0.113. The molecule has 1 unspecified atom stereocenters. The van der Waals surface area contributed by atoms with E-state index in [1.807, 2.05) is 30.5 Å². The van der Waals surface area contributed by atoms with Gasteiger partial charge in [-0.3, -0.25) is 9.89 Å². The fourth-order valence-electron chi connectivity index (χ4n) is 2.90. The van der Waals surface area contributed by atoms with E-state index in [9.17, 15) is 4.79 Å². The van der Waals surface area contributed by atoms with Gasteiger partial charge < -0.3 is 10.1 Å². The number of nitrogens with one attached hydrogen (secondary N) is 2. The molecule has 1 aliphatic heterocycles. The zero-order valence-electron chi connectivity index (χ0n) is 12.5. The molecule has 0 fully saturated rings. The standard InChI is InChI=1S/C17H15N3O2S/c1-22-11-4-2-10(3-5-11)17-16-12-8-18-20-13(12)6-7-14(16)19-15(21)9-23-17/h2-8,17H,9H2,1H3,(H,18,20)(H,19,21). The van der Waals surface area contributed by atoms with Crippen LogP contribution in [0.4, 0.5) is 5.69 Å². The van der Waals surface area contributed by atoms with E-state index < -0.39 is 0 Å². The molecule has 2 N–H and O–H groups in total. The fourth-order valence-corrected chi connectivity index (χ4v) is 4.06. The molecule has 3 aromatic rings. The van der Waals surface area contributed by atoms with Gasteiger partial charge in [0.15, 0.2) is 0 Å². The Morgan fingerprint density at radius 3 is 2.83 bits per heavy atom. The summed E-state index contributed by atoms with van der Waals surface area (Å²) in [6, 6.07) is 11.9. The summed E-state index contributed by atoms with van der Waals surface area (Å²) in [4.78, 5) is 12.0. The third kappa shape index (κ3) is 2.45. The maximum atomic E-state index is 12.0. The lowest BCUT2D eigenvalue weighted by Gasteiger charge is -2.18. The van der Waals surface area contributed by atoms with E-state index in [1.54, 1.807) is 18.9 Å². The summed E-state index contributed by atoms with van der Waals surface area (Å²) >= 11 is 1.63. The lowest BCUT2D eigenvalue weighted by Crippen LogP contribution is -2.12. The molecule has 0 saturated heterocycles. The van der Waals surface area contributed by atoms with Crippen molar-refractivity contribution in [2.75, 3.05) is 18.2 Å². The molecular formula is C17H15N3O2S. The van der Waals surface area contributed by atoms with Crippen molar-refractivity contribution in [2.45, 2.75) is 5.25 Å². The molecule has 2 aromatic carbocycles. The molecule has 1 aliphatic rings. The minimum Gasteiger partial charge on any atom is -0.497 e. The number of aromatic nitrogens is 2. The van der Waals surface area contributed by atoms with Gasteiger partial charge in [-0.15, -0.1) is 11.8 Å². The summed E-state index contributed by atoms with van der Waals surface area (Å²) in [6.45, 7) is 0. The molecule has 5 nitrogen and oxygen atoms in total. The second-order valence-corrected chi connectivity index (χ2v) is 6.46. The first-order valence-corrected chi connectivity index (χ1v) is 8.32. The third-order valence-electron chi connectivity index (χ3n) is 4.00. The molecule has 116 valence electrons. The monoisotopic (exact) mass is 325 g/mol. The number of methoxy groups -OCH3 is 1. The van der Waals surface area contributed by atoms with Crippen LogP contribution in [0.2, 0.25) is 0 Å². The Bertz CT molecular complexity index is 873. The smallest absolute Gasteiger partial charge is 0.234 e. The molecule has 6 heteroatoms. The van der Waals surface area contributed by atoms with E-state index in [4.69, 9.17) is 4.74 Å². The van der Waals surface area contributed by atoms with E-state index in [-0.39, 0.29) is 11.2 Å². The predicted molar refractivity (Wildman–Crippen MR) is 92.0 cm³/mol. The van der Waals surface area contributed by atoms with Crippen LogP contribution in [0.25, 0.3) is 10.9 Å². The zero-order valence-corrected chi connectivity index (χ0v) is 13.3. The number of benzene rings is 2. The van der Waals surface area contributed by atoms with Crippen molar-refractivity contribution in [1.29, 1.82) is 0 Å². The fraction of sp³-hybridized carbons (Fsp3) is 0.176. The number of fused-ring (bicyclic) bond motifs is 3. The summed E-state index contributed by atoms with van der Waals surface area (Å²) in [5.41, 5.74) is 4.06. The lowest BCUT2D eigenvalue weighted by atomic mass is 9.99. The minimum atomic E-state index is 0.0232.